The average Bonchev–Trinajstić information content (AvgIpc) is 3.32. The summed E-state index contributed by atoms with van der Waals surface area (Å²) >= 11 is 6.67. The van der Waals surface area contributed by atoms with E-state index in [1.165, 1.54) is 40.0 Å². The molecule has 1 aliphatic heterocycles. The Bertz CT molecular complexity index is 1320. The van der Waals surface area contributed by atoms with Crippen LogP contribution in [0.15, 0.2) is 52.2 Å². The van der Waals surface area contributed by atoms with Crippen LogP contribution in [0.5, 0.6) is 5.75 Å². The molecule has 2 heterocycles. The third-order valence-corrected chi connectivity index (χ3v) is 8.31. The lowest BCUT2D eigenvalue weighted by atomic mass is 9.78. The maximum absolute atomic E-state index is 13.8. The van der Waals surface area contributed by atoms with E-state index < -0.39 is 72.5 Å². The molecule has 1 saturated heterocycles. The lowest BCUT2D eigenvalue weighted by Crippen LogP contribution is -2.50. The number of carbonyl (C=O) groups is 1. The molecule has 4 rings (SSSR count). The number of halogens is 1. The number of carbonyl (C=O) groups excluding carboxylic acids is 1. The summed E-state index contributed by atoms with van der Waals surface area (Å²) in [6, 6.07) is 7.89. The quantitative estimate of drug-likeness (QED) is 0.125. The van der Waals surface area contributed by atoms with Crippen molar-refractivity contribution in [1.29, 1.82) is 0 Å². The summed E-state index contributed by atoms with van der Waals surface area (Å²) < 4.78 is 35.3. The number of fused-ring (bicyclic) bond motifs is 1. The molecule has 3 unspecified atom stereocenters. The van der Waals surface area contributed by atoms with Gasteiger partial charge in [-0.1, -0.05) is 18.2 Å². The van der Waals surface area contributed by atoms with Crippen LogP contribution in [0.3, 0.4) is 0 Å². The largest absolute Gasteiger partial charge is 0.459 e. The number of benzene rings is 1. The number of aromatic amines is 1. The Morgan fingerprint density at radius 3 is 2.57 bits per heavy atom. The lowest BCUT2D eigenvalue weighted by Gasteiger charge is -2.33. The van der Waals surface area contributed by atoms with Crippen LogP contribution in [0, 0.1) is 0 Å². The molecule has 2 fully saturated rings. The zero-order valence-electron chi connectivity index (χ0n) is 20.1. The van der Waals surface area contributed by atoms with Crippen LogP contribution in [0.2, 0.25) is 0 Å². The first-order valence-corrected chi connectivity index (χ1v) is 13.2. The van der Waals surface area contributed by atoms with Gasteiger partial charge < -0.3 is 24.2 Å². The summed E-state index contributed by atoms with van der Waals surface area (Å²) in [5, 5.41) is 23.0. The number of aliphatic hydroxyl groups excluding tert-OH is 1. The van der Waals surface area contributed by atoms with Crippen molar-refractivity contribution in [2.45, 2.75) is 54.8 Å². The molecule has 1 aliphatic carbocycles. The number of rotatable bonds is 10. The third kappa shape index (κ3) is 5.15. The van der Waals surface area contributed by atoms with E-state index in [0.717, 1.165) is 10.6 Å². The van der Waals surface area contributed by atoms with Crippen molar-refractivity contribution >= 4 is 33.2 Å². The van der Waals surface area contributed by atoms with Crippen molar-refractivity contribution in [3.05, 3.63) is 63.4 Å². The number of nitrogens with one attached hydrogen (secondary N) is 2. The van der Waals surface area contributed by atoms with Gasteiger partial charge in [-0.3, -0.25) is 23.7 Å². The van der Waals surface area contributed by atoms with Crippen LogP contribution < -0.4 is 20.9 Å². The molecule has 37 heavy (non-hydrogen) atoms. The second-order valence-electron chi connectivity index (χ2n) is 9.04. The monoisotopic (exact) mass is 557 g/mol. The first-order valence-electron chi connectivity index (χ1n) is 11.3. The second-order valence-corrected chi connectivity index (χ2v) is 11.5. The first kappa shape index (κ1) is 27.6. The number of H-pyrrole nitrogens is 1. The summed E-state index contributed by atoms with van der Waals surface area (Å²) in [7, 11) is -2.98. The highest BCUT2D eigenvalue weighted by Gasteiger charge is 2.83. The van der Waals surface area contributed by atoms with E-state index >= 15 is 0 Å². The van der Waals surface area contributed by atoms with Crippen LogP contribution >= 0.6 is 19.3 Å². The second kappa shape index (κ2) is 10.0. The third-order valence-electron chi connectivity index (χ3n) is 6.16. The molecule has 1 aromatic carbocycles. The highest BCUT2D eigenvalue weighted by molar-refractivity contribution is 7.52. The molecule has 4 N–H and O–H groups in total. The molecular formula is C21H26BClN3O10P. The number of aromatic nitrogens is 2. The molecule has 13 nitrogen and oxygen atoms in total. The van der Waals surface area contributed by atoms with Crippen molar-refractivity contribution in [1.82, 2.24) is 14.6 Å². The van der Waals surface area contributed by atoms with Gasteiger partial charge in [-0.2, -0.15) is 5.09 Å². The van der Waals surface area contributed by atoms with Gasteiger partial charge in [-0.15, -0.1) is 11.6 Å². The lowest BCUT2D eigenvalue weighted by molar-refractivity contribution is -0.151. The topological polar surface area (TPSA) is 178 Å². The van der Waals surface area contributed by atoms with Crippen molar-refractivity contribution in [2.75, 3.05) is 6.61 Å². The van der Waals surface area contributed by atoms with Crippen LogP contribution in [-0.2, 0) is 23.4 Å². The van der Waals surface area contributed by atoms with E-state index in [0.29, 0.717) is 0 Å². The Kier molecular flexibility index (Phi) is 7.48. The Morgan fingerprint density at radius 1 is 1.32 bits per heavy atom. The predicted molar refractivity (Wildman–Crippen MR) is 132 cm³/mol. The van der Waals surface area contributed by atoms with Gasteiger partial charge in [0.2, 0.25) is 0 Å². The fourth-order valence-corrected chi connectivity index (χ4v) is 6.14. The molecule has 16 heteroatoms. The van der Waals surface area contributed by atoms with Crippen molar-refractivity contribution < 1.29 is 38.1 Å². The zero-order chi connectivity index (χ0) is 27.2. The van der Waals surface area contributed by atoms with E-state index in [4.69, 9.17) is 35.2 Å². The molecule has 1 saturated carbocycles. The zero-order valence-corrected chi connectivity index (χ0v) is 21.7. The predicted octanol–water partition coefficient (Wildman–Crippen LogP) is -0.779. The average molecular weight is 558 g/mol. The first-order chi connectivity index (χ1) is 17.3. The molecule has 0 radical (unpaired) electrons. The van der Waals surface area contributed by atoms with Crippen LogP contribution in [0.25, 0.3) is 0 Å². The van der Waals surface area contributed by atoms with Gasteiger partial charge in [0.15, 0.2) is 6.23 Å². The van der Waals surface area contributed by atoms with E-state index in [9.17, 15) is 24.1 Å². The minimum atomic E-state index is -4.39. The van der Waals surface area contributed by atoms with E-state index in [2.05, 4.69) is 10.1 Å². The van der Waals surface area contributed by atoms with Crippen molar-refractivity contribution in [3.8, 4) is 5.75 Å². The summed E-state index contributed by atoms with van der Waals surface area (Å²) in [6.07, 6.45) is -3.20. The smallest absolute Gasteiger partial charge is 0.459 e. The van der Waals surface area contributed by atoms with Crippen molar-refractivity contribution in [3.63, 3.8) is 0 Å². The Morgan fingerprint density at radius 2 is 2.00 bits per heavy atom. The SMILES string of the molecule is B[C@@]1(Cl)[C@H](n2ccc(=O)[nH]c2=O)O[C@@H]2C(OP(=O)(N[C@@H](C)C(=O)OC(C)CO)Oc3ccccc3)[C@@]21O. The molecule has 0 spiro atoms. The van der Waals surface area contributed by atoms with Crippen LogP contribution in [0.1, 0.15) is 20.1 Å². The Labute approximate surface area is 216 Å². The van der Waals surface area contributed by atoms with Crippen LogP contribution in [-0.4, -0.2) is 74.9 Å². The molecular weight excluding hydrogens is 531 g/mol. The fraction of sp³-hybridized carbons (Fsp3) is 0.476. The van der Waals surface area contributed by atoms with Gasteiger partial charge in [0.05, 0.1) is 11.4 Å². The highest BCUT2D eigenvalue weighted by Crippen LogP contribution is 2.65. The van der Waals surface area contributed by atoms with E-state index in [1.807, 2.05) is 0 Å². The number of para-hydroxylation sites is 1. The fourth-order valence-electron chi connectivity index (χ4n) is 4.06. The number of hydrogen-bond acceptors (Lipinski definition) is 10. The van der Waals surface area contributed by atoms with E-state index in [-0.39, 0.29) is 5.75 Å². The highest BCUT2D eigenvalue weighted by atomic mass is 35.5. The standard InChI is InChI=1S/C21H26BClN3O10P/c1-11(10-27)33-17(29)12(2)25-37(32,35-13-6-4-3-5-7-13)36-16-15-20(16,31)21(22,23)18(34-15)26-9-8-14(28)24-19(26)30/h3-9,11-12,15-16,18,27,31H,10,22H2,1-2H3,(H,25,32)(H,24,28,30)/t11?,12-,15+,16?,18+,20-,21+,37?/m0/s1. The summed E-state index contributed by atoms with van der Waals surface area (Å²) in [6.45, 7) is 2.43. The number of nitrogens with zero attached hydrogens (tertiary/aromatic N) is 1. The maximum atomic E-state index is 13.8. The van der Waals surface area contributed by atoms with E-state index in [1.54, 1.807) is 18.2 Å². The molecule has 8 atom stereocenters. The van der Waals surface area contributed by atoms with Gasteiger partial charge in [0, 0.05) is 12.3 Å². The van der Waals surface area contributed by atoms with Gasteiger partial charge in [0.25, 0.3) is 5.56 Å². The summed E-state index contributed by atoms with van der Waals surface area (Å²) in [4.78, 5) is 38.1. The van der Waals surface area contributed by atoms with Gasteiger partial charge in [-0.25, -0.2) is 9.36 Å². The van der Waals surface area contributed by atoms with Gasteiger partial charge >= 0.3 is 19.4 Å². The molecule has 0 bridgehead atoms. The number of hydrogen-bond donors (Lipinski definition) is 4. The number of alkyl halides is 1. The normalized spacial score (nSPS) is 31.5. The Hall–Kier alpha value is -2.45. The molecule has 2 aliphatic rings. The minimum absolute atomic E-state index is 0.146. The van der Waals surface area contributed by atoms with Gasteiger partial charge in [0.1, 0.15) is 43.6 Å². The molecule has 2 aromatic rings. The Balaban J connectivity index is 1.56. The van der Waals surface area contributed by atoms with Crippen LogP contribution in [0.4, 0.5) is 0 Å². The molecule has 0 amide bonds. The maximum Gasteiger partial charge on any atom is 0.459 e. The number of aliphatic hydroxyl groups is 2. The molecule has 1 aromatic heterocycles. The minimum Gasteiger partial charge on any atom is -0.459 e. The molecule has 200 valence electrons. The van der Waals surface area contributed by atoms with Crippen molar-refractivity contribution in [2.24, 2.45) is 0 Å². The number of esters is 1. The number of ether oxygens (including phenoxy) is 2. The van der Waals surface area contributed by atoms with Gasteiger partial charge in [-0.05, 0) is 26.0 Å². The summed E-state index contributed by atoms with van der Waals surface area (Å²) in [5.41, 5.74) is -3.33. The summed E-state index contributed by atoms with van der Waals surface area (Å²) in [5.74, 6) is -0.680.